The van der Waals surface area contributed by atoms with Gasteiger partial charge in [0.2, 0.25) is 0 Å². The van der Waals surface area contributed by atoms with Gasteiger partial charge < -0.3 is 9.47 Å². The van der Waals surface area contributed by atoms with Crippen LogP contribution in [0.15, 0.2) is 47.4 Å². The van der Waals surface area contributed by atoms with Crippen LogP contribution in [0.1, 0.15) is 41.9 Å². The maximum Gasteiger partial charge on any atom is 0.257 e. The summed E-state index contributed by atoms with van der Waals surface area (Å²) >= 11 is 3.18. The predicted molar refractivity (Wildman–Crippen MR) is 138 cm³/mol. The van der Waals surface area contributed by atoms with Gasteiger partial charge >= 0.3 is 0 Å². The highest BCUT2D eigenvalue weighted by Gasteiger charge is 2.17. The molecule has 0 atom stereocenters. The fourth-order valence-corrected chi connectivity index (χ4v) is 5.31. The summed E-state index contributed by atoms with van der Waals surface area (Å²) in [4.78, 5) is 19.6. The average Bonchev–Trinajstić information content (AvgIpc) is 3.18. The molecule has 0 bridgehead atoms. The molecule has 0 spiro atoms. The highest BCUT2D eigenvalue weighted by atomic mass is 32.2. The van der Waals surface area contributed by atoms with Gasteiger partial charge in [0.25, 0.3) is 5.91 Å². The van der Waals surface area contributed by atoms with Crippen LogP contribution in [0.5, 0.6) is 11.5 Å². The third-order valence-electron chi connectivity index (χ3n) is 4.98. The highest BCUT2D eigenvalue weighted by Crippen LogP contribution is 2.37. The molecular formula is C25H31N3O3S2. The van der Waals surface area contributed by atoms with E-state index in [0.717, 1.165) is 47.0 Å². The summed E-state index contributed by atoms with van der Waals surface area (Å²) in [5, 5.41) is 3.49. The maximum atomic E-state index is 12.8. The Morgan fingerprint density at radius 2 is 1.76 bits per heavy atom. The lowest BCUT2D eigenvalue weighted by molar-refractivity contribution is 0.102. The number of carbonyl (C=O) groups excluding carboxylic acids is 1. The van der Waals surface area contributed by atoms with Crippen LogP contribution in [0.25, 0.3) is 11.3 Å². The number of methoxy groups -OCH3 is 2. The van der Waals surface area contributed by atoms with Crippen molar-refractivity contribution in [1.82, 2.24) is 9.29 Å². The van der Waals surface area contributed by atoms with Crippen LogP contribution in [0, 0.1) is 6.92 Å². The normalized spacial score (nSPS) is 11.0. The molecule has 0 saturated heterocycles. The lowest BCUT2D eigenvalue weighted by Gasteiger charge is -2.19. The fraction of sp³-hybridized carbons (Fsp3) is 0.360. The Morgan fingerprint density at radius 1 is 1.06 bits per heavy atom. The van der Waals surface area contributed by atoms with Gasteiger partial charge in [-0.05, 0) is 68.1 Å². The summed E-state index contributed by atoms with van der Waals surface area (Å²) in [5.74, 6) is 1.22. The first-order valence-electron chi connectivity index (χ1n) is 11.0. The standard InChI is InChI=1S/C25H31N3O3S2/c1-6-14-28(15-7-2)33-20-11-8-18(9-12-20)24(29)27-25-26-23(17(3)32-25)21-13-10-19(30-4)16-22(21)31-5/h8-13,16H,6-7,14-15H2,1-5H3,(H,26,27,29). The monoisotopic (exact) mass is 485 g/mol. The summed E-state index contributed by atoms with van der Waals surface area (Å²) in [6.45, 7) is 8.45. The quantitative estimate of drug-likeness (QED) is 0.312. The smallest absolute Gasteiger partial charge is 0.257 e. The summed E-state index contributed by atoms with van der Waals surface area (Å²) < 4.78 is 13.2. The van der Waals surface area contributed by atoms with Crippen molar-refractivity contribution in [2.24, 2.45) is 0 Å². The maximum absolute atomic E-state index is 12.8. The van der Waals surface area contributed by atoms with Gasteiger partial charge in [-0.3, -0.25) is 10.1 Å². The summed E-state index contributed by atoms with van der Waals surface area (Å²) in [6, 6.07) is 13.3. The zero-order valence-corrected chi connectivity index (χ0v) is 21.4. The number of amides is 1. The topological polar surface area (TPSA) is 63.7 Å². The minimum absolute atomic E-state index is 0.174. The van der Waals surface area contributed by atoms with E-state index in [4.69, 9.17) is 9.47 Å². The van der Waals surface area contributed by atoms with E-state index >= 15 is 0 Å². The van der Waals surface area contributed by atoms with Crippen molar-refractivity contribution in [2.75, 3.05) is 32.6 Å². The number of ether oxygens (including phenoxy) is 2. The number of nitrogens with zero attached hydrogens (tertiary/aromatic N) is 2. The summed E-state index contributed by atoms with van der Waals surface area (Å²) in [6.07, 6.45) is 2.23. The molecule has 3 rings (SSSR count). The van der Waals surface area contributed by atoms with E-state index in [1.54, 1.807) is 26.2 Å². The minimum atomic E-state index is -0.174. The number of thiazole rings is 1. The molecule has 6 nitrogen and oxygen atoms in total. The third kappa shape index (κ3) is 6.50. The van der Waals surface area contributed by atoms with Gasteiger partial charge in [-0.25, -0.2) is 9.29 Å². The molecule has 0 saturated carbocycles. The van der Waals surface area contributed by atoms with Crippen molar-refractivity contribution in [1.29, 1.82) is 0 Å². The first-order valence-corrected chi connectivity index (χ1v) is 12.6. The minimum Gasteiger partial charge on any atom is -0.497 e. The molecule has 0 unspecified atom stereocenters. The molecule has 0 radical (unpaired) electrons. The van der Waals surface area contributed by atoms with Crippen LogP contribution in [0.4, 0.5) is 5.13 Å². The molecule has 1 N–H and O–H groups in total. The highest BCUT2D eigenvalue weighted by molar-refractivity contribution is 7.97. The number of rotatable bonds is 11. The van der Waals surface area contributed by atoms with Crippen molar-refractivity contribution in [3.8, 4) is 22.8 Å². The lowest BCUT2D eigenvalue weighted by Crippen LogP contribution is -2.17. The third-order valence-corrected chi connectivity index (χ3v) is 6.97. The van der Waals surface area contributed by atoms with Crippen LogP contribution in [0.3, 0.4) is 0 Å². The predicted octanol–water partition coefficient (Wildman–Crippen LogP) is 6.52. The van der Waals surface area contributed by atoms with E-state index in [1.165, 1.54) is 11.3 Å². The number of carbonyl (C=O) groups is 1. The van der Waals surface area contributed by atoms with Gasteiger partial charge in [0.15, 0.2) is 5.13 Å². The molecule has 8 heteroatoms. The van der Waals surface area contributed by atoms with Crippen LogP contribution in [0.2, 0.25) is 0 Å². The van der Waals surface area contributed by atoms with Gasteiger partial charge in [-0.2, -0.15) is 0 Å². The van der Waals surface area contributed by atoms with Crippen molar-refractivity contribution in [3.63, 3.8) is 0 Å². The molecule has 176 valence electrons. The molecule has 2 aromatic carbocycles. The van der Waals surface area contributed by atoms with Gasteiger partial charge in [0.05, 0.1) is 19.9 Å². The Morgan fingerprint density at radius 3 is 2.36 bits per heavy atom. The van der Waals surface area contributed by atoms with Crippen LogP contribution < -0.4 is 14.8 Å². The zero-order valence-electron chi connectivity index (χ0n) is 19.8. The van der Waals surface area contributed by atoms with E-state index in [0.29, 0.717) is 22.2 Å². The number of hydrogen-bond donors (Lipinski definition) is 1. The fourth-order valence-electron chi connectivity index (χ4n) is 3.38. The van der Waals surface area contributed by atoms with E-state index in [1.807, 2.05) is 49.4 Å². The molecule has 0 aliphatic heterocycles. The average molecular weight is 486 g/mol. The summed E-state index contributed by atoms with van der Waals surface area (Å²) in [5.41, 5.74) is 2.25. The van der Waals surface area contributed by atoms with Crippen molar-refractivity contribution in [3.05, 3.63) is 52.9 Å². The molecule has 0 fully saturated rings. The number of aromatic nitrogens is 1. The van der Waals surface area contributed by atoms with E-state index in [2.05, 4.69) is 28.5 Å². The molecule has 1 amide bonds. The van der Waals surface area contributed by atoms with Gasteiger partial charge in [0.1, 0.15) is 11.5 Å². The Labute approximate surface area is 204 Å². The number of nitrogens with one attached hydrogen (secondary N) is 1. The van der Waals surface area contributed by atoms with E-state index in [-0.39, 0.29) is 5.91 Å². The van der Waals surface area contributed by atoms with Crippen LogP contribution in [-0.4, -0.2) is 42.5 Å². The molecular weight excluding hydrogens is 454 g/mol. The Kier molecular flexibility index (Phi) is 9.17. The van der Waals surface area contributed by atoms with E-state index in [9.17, 15) is 4.79 Å². The summed E-state index contributed by atoms with van der Waals surface area (Å²) in [7, 11) is 3.24. The Hall–Kier alpha value is -2.55. The Bertz CT molecular complexity index is 1060. The number of hydrogen-bond acceptors (Lipinski definition) is 7. The van der Waals surface area contributed by atoms with E-state index < -0.39 is 0 Å². The van der Waals surface area contributed by atoms with Gasteiger partial charge in [-0.1, -0.05) is 13.8 Å². The molecule has 1 aromatic heterocycles. The van der Waals surface area contributed by atoms with Gasteiger partial charge in [0, 0.05) is 40.1 Å². The molecule has 0 aliphatic rings. The number of benzene rings is 2. The number of anilines is 1. The SMILES string of the molecule is CCCN(CCC)Sc1ccc(C(=O)Nc2nc(-c3ccc(OC)cc3OC)c(C)s2)cc1. The van der Waals surface area contributed by atoms with Crippen LogP contribution >= 0.6 is 23.3 Å². The Balaban J connectivity index is 1.71. The van der Waals surface area contributed by atoms with Crippen LogP contribution in [-0.2, 0) is 0 Å². The first-order chi connectivity index (χ1) is 16.0. The second-order valence-electron chi connectivity index (χ2n) is 7.49. The van der Waals surface area contributed by atoms with Crippen molar-refractivity contribution in [2.45, 2.75) is 38.5 Å². The largest absolute Gasteiger partial charge is 0.497 e. The number of aryl methyl sites for hydroxylation is 1. The molecule has 33 heavy (non-hydrogen) atoms. The van der Waals surface area contributed by atoms with Gasteiger partial charge in [-0.15, -0.1) is 11.3 Å². The van der Waals surface area contributed by atoms with Crippen molar-refractivity contribution < 1.29 is 14.3 Å². The molecule has 3 aromatic rings. The molecule has 0 aliphatic carbocycles. The van der Waals surface area contributed by atoms with Crippen molar-refractivity contribution >= 4 is 34.3 Å². The second-order valence-corrected chi connectivity index (χ2v) is 9.86. The lowest BCUT2D eigenvalue weighted by atomic mass is 10.1. The zero-order chi connectivity index (χ0) is 23.8. The first kappa shape index (κ1) is 25.1. The molecule has 1 heterocycles. The second kappa shape index (κ2) is 12.1.